The third-order valence-corrected chi connectivity index (χ3v) is 2.96. The number of halogens is 1. The minimum Gasteiger partial charge on any atom is -0.790 e. The molecule has 0 N–H and O–H groups in total. The van der Waals surface area contributed by atoms with E-state index in [0.717, 1.165) is 10.8 Å². The third-order valence-electron chi connectivity index (χ3n) is 2.06. The largest absolute Gasteiger partial charge is 1.00 e. The molecular formula is C7H9ClN3Na2O6P. The molecule has 20 heavy (non-hydrogen) atoms. The number of rotatable bonds is 6. The van der Waals surface area contributed by atoms with E-state index in [-0.39, 0.29) is 83.2 Å². The van der Waals surface area contributed by atoms with Gasteiger partial charge in [-0.15, -0.1) is 11.6 Å². The summed E-state index contributed by atoms with van der Waals surface area (Å²) in [4.78, 5) is 34.7. The molecular weight excluding hydrogens is 334 g/mol. The topological polar surface area (TPSA) is 133 Å². The van der Waals surface area contributed by atoms with Gasteiger partial charge in [0.05, 0.1) is 13.7 Å². The monoisotopic (exact) mass is 343 g/mol. The van der Waals surface area contributed by atoms with Gasteiger partial charge in [0.25, 0.3) is 0 Å². The Bertz CT molecular complexity index is 495. The van der Waals surface area contributed by atoms with Gasteiger partial charge in [-0.25, -0.2) is 9.55 Å². The molecule has 0 saturated carbocycles. The molecule has 0 aliphatic carbocycles. The molecule has 0 aromatic carbocycles. The van der Waals surface area contributed by atoms with Crippen molar-refractivity contribution in [3.05, 3.63) is 22.1 Å². The second kappa shape index (κ2) is 9.91. The van der Waals surface area contributed by atoms with Gasteiger partial charge in [-0.1, -0.05) is 0 Å². The van der Waals surface area contributed by atoms with Crippen molar-refractivity contribution in [1.29, 1.82) is 0 Å². The van der Waals surface area contributed by atoms with Crippen LogP contribution in [0.2, 0.25) is 0 Å². The number of hydrogen-bond acceptors (Lipinski definition) is 7. The molecule has 1 aromatic heterocycles. The molecule has 0 bridgehead atoms. The molecule has 0 spiro atoms. The van der Waals surface area contributed by atoms with Crippen LogP contribution in [-0.2, 0) is 15.6 Å². The fourth-order valence-corrected chi connectivity index (χ4v) is 2.08. The summed E-state index contributed by atoms with van der Waals surface area (Å²) in [5, 5.41) is 10.7. The quantitative estimate of drug-likeness (QED) is 0.165. The van der Waals surface area contributed by atoms with Crippen molar-refractivity contribution in [3.8, 4) is 0 Å². The summed E-state index contributed by atoms with van der Waals surface area (Å²) in [5.74, 6) is -0.353. The zero-order valence-corrected chi connectivity index (χ0v) is 16.8. The van der Waals surface area contributed by atoms with Gasteiger partial charge in [0.15, 0.2) is 5.82 Å². The van der Waals surface area contributed by atoms with E-state index in [9.17, 15) is 24.5 Å². The number of aromatic nitrogens is 2. The van der Waals surface area contributed by atoms with Crippen LogP contribution in [0.3, 0.4) is 0 Å². The summed E-state index contributed by atoms with van der Waals surface area (Å²) in [5.41, 5.74) is 0. The van der Waals surface area contributed by atoms with E-state index in [0.29, 0.717) is 0 Å². The van der Waals surface area contributed by atoms with Gasteiger partial charge in [-0.2, -0.15) is 0 Å². The van der Waals surface area contributed by atoms with E-state index in [1.54, 1.807) is 0 Å². The number of imidazole rings is 1. The summed E-state index contributed by atoms with van der Waals surface area (Å²) >= 11 is 5.45. The van der Waals surface area contributed by atoms with Crippen LogP contribution in [-0.4, -0.2) is 26.5 Å². The average Bonchev–Trinajstić information content (AvgIpc) is 2.57. The zero-order valence-electron chi connectivity index (χ0n) is 11.2. The van der Waals surface area contributed by atoms with Gasteiger partial charge in [-0.3, -0.25) is 0 Å². The molecule has 0 radical (unpaired) electrons. The molecule has 1 aromatic rings. The van der Waals surface area contributed by atoms with Crippen molar-refractivity contribution in [1.82, 2.24) is 9.55 Å². The van der Waals surface area contributed by atoms with Gasteiger partial charge in [0, 0.05) is 6.92 Å². The van der Waals surface area contributed by atoms with Gasteiger partial charge < -0.3 is 29.0 Å². The third kappa shape index (κ3) is 7.33. The predicted molar refractivity (Wildman–Crippen MR) is 56.8 cm³/mol. The van der Waals surface area contributed by atoms with Crippen LogP contribution in [0.5, 0.6) is 0 Å². The van der Waals surface area contributed by atoms with Crippen LogP contribution in [0.15, 0.2) is 6.20 Å². The first-order valence-corrected chi connectivity index (χ1v) is 6.67. The van der Waals surface area contributed by atoms with E-state index in [1.165, 1.54) is 6.92 Å². The smallest absolute Gasteiger partial charge is 0.790 e. The van der Waals surface area contributed by atoms with Crippen molar-refractivity contribution >= 4 is 25.2 Å². The predicted octanol–water partition coefficient (Wildman–Crippen LogP) is -6.44. The summed E-state index contributed by atoms with van der Waals surface area (Å²) in [6.07, 6.45) is -0.159. The minimum absolute atomic E-state index is 0. The van der Waals surface area contributed by atoms with Crippen LogP contribution in [0, 0.1) is 17.0 Å². The Morgan fingerprint density at radius 3 is 2.50 bits per heavy atom. The first-order chi connectivity index (χ1) is 8.24. The van der Waals surface area contributed by atoms with E-state index >= 15 is 0 Å². The van der Waals surface area contributed by atoms with E-state index in [1.807, 2.05) is 0 Å². The van der Waals surface area contributed by atoms with Crippen LogP contribution in [0.1, 0.15) is 5.82 Å². The molecule has 1 heterocycles. The Morgan fingerprint density at radius 2 is 2.10 bits per heavy atom. The summed E-state index contributed by atoms with van der Waals surface area (Å²) in [6, 6.07) is 0. The molecule has 102 valence electrons. The van der Waals surface area contributed by atoms with Crippen molar-refractivity contribution in [2.45, 2.75) is 19.6 Å². The molecule has 0 saturated heterocycles. The molecule has 9 nitrogen and oxygen atoms in total. The Morgan fingerprint density at radius 1 is 1.55 bits per heavy atom. The second-order valence-electron chi connectivity index (χ2n) is 3.36. The van der Waals surface area contributed by atoms with Gasteiger partial charge in [0.1, 0.15) is 18.8 Å². The summed E-state index contributed by atoms with van der Waals surface area (Å²) in [7, 11) is -5.20. The molecule has 0 fully saturated rings. The summed E-state index contributed by atoms with van der Waals surface area (Å²) < 4.78 is 15.8. The fraction of sp³-hybridized carbons (Fsp3) is 0.571. The van der Waals surface area contributed by atoms with Gasteiger partial charge in [0.2, 0.25) is 0 Å². The normalized spacial score (nSPS) is 12.2. The molecule has 13 heteroatoms. The van der Waals surface area contributed by atoms with Crippen molar-refractivity contribution < 1.29 is 82.9 Å². The van der Waals surface area contributed by atoms with E-state index in [4.69, 9.17) is 11.6 Å². The van der Waals surface area contributed by atoms with Crippen molar-refractivity contribution in [2.24, 2.45) is 0 Å². The van der Waals surface area contributed by atoms with E-state index < -0.39 is 18.8 Å². The van der Waals surface area contributed by atoms with Crippen LogP contribution in [0.25, 0.3) is 0 Å². The molecule has 0 aliphatic rings. The van der Waals surface area contributed by atoms with Crippen molar-refractivity contribution in [2.75, 3.05) is 5.88 Å². The maximum atomic E-state index is 10.7. The van der Waals surface area contributed by atoms with E-state index in [2.05, 4.69) is 9.51 Å². The summed E-state index contributed by atoms with van der Waals surface area (Å²) in [6.45, 7) is 1.24. The second-order valence-corrected chi connectivity index (χ2v) is 4.77. The first-order valence-electron chi connectivity index (χ1n) is 4.67. The molecule has 0 amide bonds. The fourth-order valence-electron chi connectivity index (χ4n) is 1.32. The minimum atomic E-state index is -5.20. The number of hydrogen-bond donors (Lipinski definition) is 0. The molecule has 0 aliphatic heterocycles. The Kier molecular flexibility index (Phi) is 11.5. The van der Waals surface area contributed by atoms with Crippen LogP contribution < -0.4 is 68.9 Å². The van der Waals surface area contributed by atoms with Crippen LogP contribution in [0.4, 0.5) is 5.82 Å². The number of aryl methyl sites for hydroxylation is 1. The SMILES string of the molecule is Cc1ncc([N+](=O)[O-])n1C[C@H](CCl)OP(=O)([O-])[O-].[Na+].[Na+]. The number of nitrogens with zero attached hydrogens (tertiary/aromatic N) is 3. The molecule has 1 rings (SSSR count). The van der Waals surface area contributed by atoms with Gasteiger partial charge >= 0.3 is 64.9 Å². The van der Waals surface area contributed by atoms with Gasteiger partial charge in [-0.05, 0) is 4.92 Å². The van der Waals surface area contributed by atoms with Crippen molar-refractivity contribution in [3.63, 3.8) is 0 Å². The maximum Gasteiger partial charge on any atom is 1.00 e. The number of alkyl halides is 1. The average molecular weight is 344 g/mol. The Hall–Kier alpha value is 1.01. The van der Waals surface area contributed by atoms with Crippen LogP contribution >= 0.6 is 19.4 Å². The zero-order chi connectivity index (χ0) is 13.9. The number of nitro groups is 1. The Balaban J connectivity index is 0. The standard InChI is InChI=1S/C7H11ClN3O6P.2Na/c1-5-9-3-7(11(12)13)10(5)4-6(2-8)17-18(14,15)16;;/h3,6H,2,4H2,1H3,(H2,14,15,16);;/q;2*+1/p-2/t6-;;/m0../s1. The maximum absolute atomic E-state index is 10.7. The number of phosphoric ester groups is 1. The number of phosphoric acid groups is 1. The molecule has 1 atom stereocenters. The molecule has 0 unspecified atom stereocenters. The first kappa shape index (κ1) is 23.3. The Labute approximate surface area is 164 Å².